The fraction of sp³-hybridized carbons (Fsp3) is 0.316. The van der Waals surface area contributed by atoms with Crippen molar-refractivity contribution in [2.45, 2.75) is 20.4 Å². The highest BCUT2D eigenvalue weighted by Gasteiger charge is 2.38. The molecule has 1 aliphatic carbocycles. The third-order valence-corrected chi connectivity index (χ3v) is 4.86. The van der Waals surface area contributed by atoms with Crippen molar-refractivity contribution in [2.75, 3.05) is 13.1 Å². The molecular formula is C19H20N2O4. The van der Waals surface area contributed by atoms with Gasteiger partial charge in [-0.3, -0.25) is 14.5 Å². The molecule has 0 saturated carbocycles. The van der Waals surface area contributed by atoms with E-state index in [0.29, 0.717) is 23.4 Å². The summed E-state index contributed by atoms with van der Waals surface area (Å²) in [7, 11) is 1.66. The van der Waals surface area contributed by atoms with Gasteiger partial charge in [0, 0.05) is 30.4 Å². The summed E-state index contributed by atoms with van der Waals surface area (Å²) in [4.78, 5) is 39.2. The molecule has 1 aromatic carbocycles. The monoisotopic (exact) mass is 340 g/mol. The van der Waals surface area contributed by atoms with Crippen molar-refractivity contribution in [1.29, 1.82) is 0 Å². The van der Waals surface area contributed by atoms with Gasteiger partial charge < -0.3 is 9.67 Å². The number of carboxylic acids is 1. The Balaban J connectivity index is 2.34. The van der Waals surface area contributed by atoms with E-state index in [1.807, 2.05) is 13.8 Å². The van der Waals surface area contributed by atoms with E-state index in [0.717, 1.165) is 13.1 Å². The molecule has 0 spiro atoms. The van der Waals surface area contributed by atoms with E-state index in [2.05, 4.69) is 4.90 Å². The lowest BCUT2D eigenvalue weighted by Crippen LogP contribution is -2.26. The Morgan fingerprint density at radius 1 is 1.08 bits per heavy atom. The smallest absolute Gasteiger partial charge is 0.338 e. The molecule has 6 nitrogen and oxygen atoms in total. The van der Waals surface area contributed by atoms with Crippen molar-refractivity contribution in [1.82, 2.24) is 9.47 Å². The van der Waals surface area contributed by atoms with E-state index in [9.17, 15) is 19.5 Å². The first-order chi connectivity index (χ1) is 11.9. The molecule has 0 radical (unpaired) electrons. The van der Waals surface area contributed by atoms with Crippen LogP contribution >= 0.6 is 0 Å². The molecule has 6 heteroatoms. The van der Waals surface area contributed by atoms with E-state index in [1.54, 1.807) is 35.9 Å². The Labute approximate surface area is 145 Å². The zero-order valence-corrected chi connectivity index (χ0v) is 14.5. The highest BCUT2D eigenvalue weighted by Crippen LogP contribution is 2.39. The average Bonchev–Trinajstić information content (AvgIpc) is 2.90. The number of benzene rings is 1. The first kappa shape index (κ1) is 17.1. The van der Waals surface area contributed by atoms with Crippen molar-refractivity contribution in [2.24, 2.45) is 7.05 Å². The number of Topliss-reactive ketones (excluding diaryl/α,β-unsaturated/α-hetero) is 2. The normalized spacial score (nSPS) is 13.1. The minimum Gasteiger partial charge on any atom is -0.478 e. The van der Waals surface area contributed by atoms with Crippen LogP contribution in [0.25, 0.3) is 11.1 Å². The number of hydrogen-bond donors (Lipinski definition) is 1. The minimum atomic E-state index is -1.09. The van der Waals surface area contributed by atoms with Gasteiger partial charge in [0.25, 0.3) is 5.78 Å². The van der Waals surface area contributed by atoms with Crippen LogP contribution < -0.4 is 0 Å². The predicted octanol–water partition coefficient (Wildman–Crippen LogP) is 2.61. The lowest BCUT2D eigenvalue weighted by atomic mass is 9.86. The van der Waals surface area contributed by atoms with E-state index < -0.39 is 17.5 Å². The standard InChI is InChI=1S/C19H20N2O4/c1-4-21(5-2)10-13-15(19(24)25)14-11-8-6-7-9-12(11)17(22)18(23)16(14)20(13)3/h6-9H,4-5,10H2,1-3H3,(H,24,25). The van der Waals surface area contributed by atoms with Crippen LogP contribution in [0.3, 0.4) is 0 Å². The van der Waals surface area contributed by atoms with Crippen molar-refractivity contribution in [3.63, 3.8) is 0 Å². The molecule has 2 aromatic rings. The number of hydrogen-bond acceptors (Lipinski definition) is 4. The summed E-state index contributed by atoms with van der Waals surface area (Å²) in [6, 6.07) is 6.69. The first-order valence-corrected chi connectivity index (χ1v) is 8.27. The maximum atomic E-state index is 12.6. The number of carbonyl (C=O) groups is 3. The number of aromatic carboxylic acids is 1. The van der Waals surface area contributed by atoms with Crippen LogP contribution in [0.5, 0.6) is 0 Å². The Morgan fingerprint density at radius 3 is 2.24 bits per heavy atom. The number of carboxylic acid groups (broad SMARTS) is 1. The summed E-state index contributed by atoms with van der Waals surface area (Å²) in [6.07, 6.45) is 0. The summed E-state index contributed by atoms with van der Waals surface area (Å²) in [6.45, 7) is 5.92. The minimum absolute atomic E-state index is 0.109. The molecule has 1 aliphatic rings. The van der Waals surface area contributed by atoms with Gasteiger partial charge in [0.15, 0.2) is 0 Å². The van der Waals surface area contributed by atoms with Gasteiger partial charge in [-0.25, -0.2) is 4.79 Å². The van der Waals surface area contributed by atoms with E-state index >= 15 is 0 Å². The first-order valence-electron chi connectivity index (χ1n) is 8.27. The average molecular weight is 340 g/mol. The fourth-order valence-electron chi connectivity index (χ4n) is 3.46. The van der Waals surface area contributed by atoms with Crippen LogP contribution in [0.1, 0.15) is 50.7 Å². The van der Waals surface area contributed by atoms with Gasteiger partial charge in [-0.2, -0.15) is 0 Å². The zero-order valence-electron chi connectivity index (χ0n) is 14.5. The predicted molar refractivity (Wildman–Crippen MR) is 93.1 cm³/mol. The Kier molecular flexibility index (Phi) is 4.30. The van der Waals surface area contributed by atoms with Gasteiger partial charge >= 0.3 is 5.97 Å². The number of aromatic nitrogens is 1. The van der Waals surface area contributed by atoms with Gasteiger partial charge in [0.2, 0.25) is 5.78 Å². The molecule has 1 heterocycles. The molecule has 0 aliphatic heterocycles. The molecule has 0 bridgehead atoms. The Morgan fingerprint density at radius 2 is 1.68 bits per heavy atom. The zero-order chi connectivity index (χ0) is 18.3. The quantitative estimate of drug-likeness (QED) is 0.847. The molecule has 0 amide bonds. The van der Waals surface area contributed by atoms with E-state index in [1.165, 1.54) is 0 Å². The summed E-state index contributed by atoms with van der Waals surface area (Å²) in [5, 5.41) is 9.84. The molecular weight excluding hydrogens is 320 g/mol. The molecule has 0 unspecified atom stereocenters. The van der Waals surface area contributed by atoms with Crippen molar-refractivity contribution >= 4 is 17.5 Å². The van der Waals surface area contributed by atoms with Gasteiger partial charge in [-0.1, -0.05) is 38.1 Å². The second-order valence-corrected chi connectivity index (χ2v) is 6.07. The topological polar surface area (TPSA) is 79.6 Å². The van der Waals surface area contributed by atoms with E-state index in [4.69, 9.17) is 0 Å². The SMILES string of the molecule is CCN(CC)Cc1c(C(=O)O)c2c(n1C)C(=O)C(=O)c1ccccc1-2. The van der Waals surface area contributed by atoms with Crippen LogP contribution in [0.15, 0.2) is 24.3 Å². The third-order valence-electron chi connectivity index (χ3n) is 4.86. The number of nitrogens with zero attached hydrogens (tertiary/aromatic N) is 2. The highest BCUT2D eigenvalue weighted by molar-refractivity contribution is 6.53. The number of rotatable bonds is 5. The van der Waals surface area contributed by atoms with E-state index in [-0.39, 0.29) is 16.8 Å². The van der Waals surface area contributed by atoms with Gasteiger partial charge in [0.05, 0.1) is 5.56 Å². The number of carbonyl (C=O) groups excluding carboxylic acids is 2. The molecule has 1 N–H and O–H groups in total. The Bertz CT molecular complexity index is 891. The van der Waals surface area contributed by atoms with Crippen molar-refractivity contribution < 1.29 is 19.5 Å². The molecule has 1 aromatic heterocycles. The summed E-state index contributed by atoms with van der Waals surface area (Å²) in [5.41, 5.74) is 1.96. The second kappa shape index (κ2) is 6.29. The summed E-state index contributed by atoms with van der Waals surface area (Å²) < 4.78 is 1.58. The molecule has 0 atom stereocenters. The van der Waals surface area contributed by atoms with Crippen LogP contribution in [-0.4, -0.2) is 45.2 Å². The molecule has 25 heavy (non-hydrogen) atoms. The van der Waals surface area contributed by atoms with Crippen LogP contribution in [-0.2, 0) is 13.6 Å². The van der Waals surface area contributed by atoms with Crippen LogP contribution in [0.2, 0.25) is 0 Å². The highest BCUT2D eigenvalue weighted by atomic mass is 16.4. The summed E-state index contributed by atoms with van der Waals surface area (Å²) >= 11 is 0. The van der Waals surface area contributed by atoms with Crippen molar-refractivity contribution in [3.05, 3.63) is 46.8 Å². The van der Waals surface area contributed by atoms with Crippen LogP contribution in [0.4, 0.5) is 0 Å². The van der Waals surface area contributed by atoms with Crippen LogP contribution in [0, 0.1) is 0 Å². The fourth-order valence-corrected chi connectivity index (χ4v) is 3.46. The number of ketones is 2. The molecule has 0 fully saturated rings. The second-order valence-electron chi connectivity index (χ2n) is 6.07. The van der Waals surface area contributed by atoms with Gasteiger partial charge in [-0.15, -0.1) is 0 Å². The largest absolute Gasteiger partial charge is 0.478 e. The lowest BCUT2D eigenvalue weighted by molar-refractivity contribution is 0.0694. The maximum absolute atomic E-state index is 12.6. The summed E-state index contributed by atoms with van der Waals surface area (Å²) in [5.74, 6) is -2.32. The molecule has 0 saturated heterocycles. The van der Waals surface area contributed by atoms with Crippen molar-refractivity contribution in [3.8, 4) is 11.1 Å². The molecule has 130 valence electrons. The van der Waals surface area contributed by atoms with Gasteiger partial charge in [-0.05, 0) is 18.7 Å². The number of fused-ring (bicyclic) bond motifs is 3. The molecule has 3 rings (SSSR count). The Hall–Kier alpha value is -2.73. The van der Waals surface area contributed by atoms with Gasteiger partial charge in [0.1, 0.15) is 5.69 Å². The lowest BCUT2D eigenvalue weighted by Gasteiger charge is -2.19. The maximum Gasteiger partial charge on any atom is 0.338 e. The third kappa shape index (κ3) is 2.49.